The molecule has 164 valence electrons. The fraction of sp³-hybridized carbons (Fsp3) is 0.364. The van der Waals surface area contributed by atoms with E-state index < -0.39 is 17.2 Å². The Morgan fingerprint density at radius 1 is 1.03 bits per heavy atom. The van der Waals surface area contributed by atoms with Gasteiger partial charge in [0.25, 0.3) is 0 Å². The number of fused-ring (bicyclic) bond motifs is 1. The monoisotopic (exact) mass is 432 g/mol. The van der Waals surface area contributed by atoms with Crippen molar-refractivity contribution in [2.75, 3.05) is 5.32 Å². The molecule has 0 aliphatic rings. The SMILES string of the molecule is CC(C)Oc1nc(NC(=O)C(C)(C)C)nc2ncc(-c3ccc(C(F)(F)F)cc3)cc12. The van der Waals surface area contributed by atoms with Gasteiger partial charge in [0, 0.05) is 17.2 Å². The third kappa shape index (κ3) is 5.28. The van der Waals surface area contributed by atoms with Crippen molar-refractivity contribution in [1.29, 1.82) is 0 Å². The lowest BCUT2D eigenvalue weighted by atomic mass is 9.96. The highest BCUT2D eigenvalue weighted by atomic mass is 19.4. The molecule has 0 spiro atoms. The lowest BCUT2D eigenvalue weighted by Gasteiger charge is -2.18. The molecule has 0 fully saturated rings. The van der Waals surface area contributed by atoms with Gasteiger partial charge >= 0.3 is 6.18 Å². The van der Waals surface area contributed by atoms with E-state index in [9.17, 15) is 18.0 Å². The van der Waals surface area contributed by atoms with Crippen molar-refractivity contribution in [3.05, 3.63) is 42.1 Å². The van der Waals surface area contributed by atoms with Crippen LogP contribution in [0.2, 0.25) is 0 Å². The number of nitrogens with zero attached hydrogens (tertiary/aromatic N) is 3. The molecular formula is C22H23F3N4O2. The van der Waals surface area contributed by atoms with Crippen LogP contribution in [0.3, 0.4) is 0 Å². The molecule has 0 saturated carbocycles. The quantitative estimate of drug-likeness (QED) is 0.591. The molecule has 0 bridgehead atoms. The van der Waals surface area contributed by atoms with E-state index in [4.69, 9.17) is 4.74 Å². The molecule has 9 heteroatoms. The van der Waals surface area contributed by atoms with E-state index in [1.54, 1.807) is 26.8 Å². The summed E-state index contributed by atoms with van der Waals surface area (Å²) in [6.45, 7) is 8.96. The summed E-state index contributed by atoms with van der Waals surface area (Å²) >= 11 is 0. The fourth-order valence-electron chi connectivity index (χ4n) is 2.65. The summed E-state index contributed by atoms with van der Waals surface area (Å²) < 4.78 is 44.3. The Morgan fingerprint density at radius 2 is 1.68 bits per heavy atom. The minimum Gasteiger partial charge on any atom is -0.474 e. The Labute approximate surface area is 177 Å². The van der Waals surface area contributed by atoms with Crippen LogP contribution in [0.4, 0.5) is 19.1 Å². The number of carbonyl (C=O) groups excluding carboxylic acids is 1. The number of benzene rings is 1. The summed E-state index contributed by atoms with van der Waals surface area (Å²) in [4.78, 5) is 25.2. The minimum absolute atomic E-state index is 0.0675. The molecule has 0 radical (unpaired) electrons. The van der Waals surface area contributed by atoms with E-state index >= 15 is 0 Å². The molecule has 1 N–H and O–H groups in total. The number of aromatic nitrogens is 3. The lowest BCUT2D eigenvalue weighted by Crippen LogP contribution is -2.28. The molecule has 0 atom stereocenters. The zero-order chi connectivity index (χ0) is 23.0. The molecule has 6 nitrogen and oxygen atoms in total. The number of ether oxygens (including phenoxy) is 1. The smallest absolute Gasteiger partial charge is 0.416 e. The number of carbonyl (C=O) groups is 1. The fourth-order valence-corrected chi connectivity index (χ4v) is 2.65. The van der Waals surface area contributed by atoms with E-state index in [-0.39, 0.29) is 23.8 Å². The van der Waals surface area contributed by atoms with Crippen molar-refractivity contribution >= 4 is 22.9 Å². The third-order valence-corrected chi connectivity index (χ3v) is 4.32. The van der Waals surface area contributed by atoms with E-state index in [1.807, 2.05) is 13.8 Å². The second kappa shape index (κ2) is 8.13. The number of amides is 1. The average molecular weight is 432 g/mol. The number of alkyl halides is 3. The topological polar surface area (TPSA) is 77.0 Å². The number of rotatable bonds is 4. The maximum atomic E-state index is 12.8. The van der Waals surface area contributed by atoms with E-state index in [2.05, 4.69) is 20.3 Å². The zero-order valence-corrected chi connectivity index (χ0v) is 17.8. The van der Waals surface area contributed by atoms with Crippen LogP contribution in [-0.4, -0.2) is 27.0 Å². The van der Waals surface area contributed by atoms with Crippen molar-refractivity contribution < 1.29 is 22.7 Å². The molecule has 31 heavy (non-hydrogen) atoms. The third-order valence-electron chi connectivity index (χ3n) is 4.32. The molecule has 2 aromatic heterocycles. The number of hydrogen-bond donors (Lipinski definition) is 1. The molecule has 1 aromatic carbocycles. The maximum absolute atomic E-state index is 12.8. The molecule has 0 aliphatic carbocycles. The Morgan fingerprint density at radius 3 is 2.23 bits per heavy atom. The highest BCUT2D eigenvalue weighted by Crippen LogP contribution is 2.33. The largest absolute Gasteiger partial charge is 0.474 e. The van der Waals surface area contributed by atoms with Crippen molar-refractivity contribution in [1.82, 2.24) is 15.0 Å². The predicted octanol–water partition coefficient (Wildman–Crippen LogP) is 5.48. The second-order valence-electron chi connectivity index (χ2n) is 8.39. The van der Waals surface area contributed by atoms with Gasteiger partial charge in [-0.3, -0.25) is 10.1 Å². The van der Waals surface area contributed by atoms with E-state index in [0.29, 0.717) is 22.2 Å². The highest BCUT2D eigenvalue weighted by molar-refractivity contribution is 5.94. The van der Waals surface area contributed by atoms with Crippen LogP contribution in [-0.2, 0) is 11.0 Å². The van der Waals surface area contributed by atoms with Gasteiger partial charge < -0.3 is 4.74 Å². The van der Waals surface area contributed by atoms with E-state index in [1.165, 1.54) is 18.3 Å². The van der Waals surface area contributed by atoms with Crippen LogP contribution in [0, 0.1) is 5.41 Å². The van der Waals surface area contributed by atoms with Gasteiger partial charge in [-0.1, -0.05) is 32.9 Å². The van der Waals surface area contributed by atoms with Gasteiger partial charge in [0.2, 0.25) is 17.7 Å². The van der Waals surface area contributed by atoms with Gasteiger partial charge in [0.05, 0.1) is 17.1 Å². The van der Waals surface area contributed by atoms with Crippen LogP contribution in [0.1, 0.15) is 40.2 Å². The molecule has 0 unspecified atom stereocenters. The van der Waals surface area contributed by atoms with Crippen LogP contribution in [0.5, 0.6) is 5.88 Å². The molecule has 0 saturated heterocycles. The zero-order valence-electron chi connectivity index (χ0n) is 17.8. The summed E-state index contributed by atoms with van der Waals surface area (Å²) in [5.41, 5.74) is 0.0758. The summed E-state index contributed by atoms with van der Waals surface area (Å²) in [7, 11) is 0. The standard InChI is InChI=1S/C22H23F3N4O2/c1-12(2)31-18-16-10-14(13-6-8-15(9-7-13)22(23,24)25)11-26-17(16)27-20(28-18)29-19(30)21(3,4)5/h6-12H,1-5H3,(H,26,27,28,29,30). The van der Waals surface area contributed by atoms with Crippen LogP contribution in [0.25, 0.3) is 22.2 Å². The molecule has 3 aromatic rings. The van der Waals surface area contributed by atoms with Crippen molar-refractivity contribution in [2.45, 2.75) is 46.9 Å². The Bertz CT molecular complexity index is 1100. The predicted molar refractivity (Wildman–Crippen MR) is 112 cm³/mol. The maximum Gasteiger partial charge on any atom is 0.416 e. The number of halogens is 3. The molecule has 1 amide bonds. The number of nitrogens with one attached hydrogen (secondary N) is 1. The van der Waals surface area contributed by atoms with Crippen LogP contribution < -0.4 is 10.1 Å². The first-order valence-electron chi connectivity index (χ1n) is 9.68. The normalized spacial score (nSPS) is 12.3. The van der Waals surface area contributed by atoms with Gasteiger partial charge in [0.1, 0.15) is 0 Å². The first-order valence-corrected chi connectivity index (χ1v) is 9.68. The lowest BCUT2D eigenvalue weighted by molar-refractivity contribution is -0.137. The van der Waals surface area contributed by atoms with Gasteiger partial charge in [0.15, 0.2) is 5.65 Å². The molecule has 3 rings (SSSR count). The highest BCUT2D eigenvalue weighted by Gasteiger charge is 2.30. The second-order valence-corrected chi connectivity index (χ2v) is 8.39. The first kappa shape index (κ1) is 22.5. The van der Waals surface area contributed by atoms with Crippen molar-refractivity contribution in [2.24, 2.45) is 5.41 Å². The van der Waals surface area contributed by atoms with Crippen LogP contribution in [0.15, 0.2) is 36.5 Å². The minimum atomic E-state index is -4.40. The molecule has 2 heterocycles. The van der Waals surface area contributed by atoms with Gasteiger partial charge in [-0.15, -0.1) is 0 Å². The summed E-state index contributed by atoms with van der Waals surface area (Å²) in [6.07, 6.45) is -3.11. The van der Waals surface area contributed by atoms with Gasteiger partial charge in [-0.2, -0.15) is 23.1 Å². The molecular weight excluding hydrogens is 409 g/mol. The van der Waals surface area contributed by atoms with Gasteiger partial charge in [-0.25, -0.2) is 4.98 Å². The first-order chi connectivity index (χ1) is 14.3. The average Bonchev–Trinajstić information content (AvgIpc) is 2.66. The van der Waals surface area contributed by atoms with E-state index in [0.717, 1.165) is 12.1 Å². The number of hydrogen-bond acceptors (Lipinski definition) is 5. The van der Waals surface area contributed by atoms with Gasteiger partial charge in [-0.05, 0) is 37.6 Å². The molecule has 0 aliphatic heterocycles. The number of pyridine rings is 1. The summed E-state index contributed by atoms with van der Waals surface area (Å²) in [6, 6.07) is 6.51. The van der Waals surface area contributed by atoms with Crippen molar-refractivity contribution in [3.63, 3.8) is 0 Å². The van der Waals surface area contributed by atoms with Crippen LogP contribution >= 0.6 is 0 Å². The number of anilines is 1. The Balaban J connectivity index is 2.04. The Hall–Kier alpha value is -3.23. The summed E-state index contributed by atoms with van der Waals surface area (Å²) in [5.74, 6) is 0.0343. The summed E-state index contributed by atoms with van der Waals surface area (Å²) in [5, 5.41) is 3.15. The van der Waals surface area contributed by atoms with Crippen molar-refractivity contribution in [3.8, 4) is 17.0 Å². The Kier molecular flexibility index (Phi) is 5.89.